The van der Waals surface area contributed by atoms with Gasteiger partial charge in [0.25, 0.3) is 0 Å². The molecule has 3 nitrogen and oxygen atoms in total. The molecule has 0 atom stereocenters. The van der Waals surface area contributed by atoms with Crippen molar-refractivity contribution in [3.05, 3.63) is 63.6 Å². The van der Waals surface area contributed by atoms with E-state index in [0.717, 1.165) is 18.5 Å². The Labute approximate surface area is 125 Å². The Kier molecular flexibility index (Phi) is 3.49. The lowest BCUT2D eigenvalue weighted by atomic mass is 10.1. The van der Waals surface area contributed by atoms with Crippen LogP contribution in [0.2, 0.25) is 0 Å². The summed E-state index contributed by atoms with van der Waals surface area (Å²) < 4.78 is 0.602. The molecule has 0 aromatic heterocycles. The quantitative estimate of drug-likeness (QED) is 0.900. The third-order valence-corrected chi connectivity index (χ3v) is 4.28. The Bertz CT molecular complexity index is 644. The van der Waals surface area contributed by atoms with Gasteiger partial charge in [0.05, 0.1) is 5.56 Å². The van der Waals surface area contributed by atoms with Gasteiger partial charge in [-0.05, 0) is 58.1 Å². The summed E-state index contributed by atoms with van der Waals surface area (Å²) in [6.45, 7) is 0. The Morgan fingerprint density at radius 2 is 1.80 bits per heavy atom. The van der Waals surface area contributed by atoms with E-state index in [9.17, 15) is 4.79 Å². The second-order valence-corrected chi connectivity index (χ2v) is 5.87. The van der Waals surface area contributed by atoms with Crippen LogP contribution in [0.5, 0.6) is 0 Å². The van der Waals surface area contributed by atoms with Crippen molar-refractivity contribution < 1.29 is 9.90 Å². The summed E-state index contributed by atoms with van der Waals surface area (Å²) in [5, 5.41) is 12.5. The van der Waals surface area contributed by atoms with E-state index < -0.39 is 5.97 Å². The van der Waals surface area contributed by atoms with Crippen molar-refractivity contribution in [2.75, 3.05) is 5.32 Å². The fourth-order valence-electron chi connectivity index (χ4n) is 2.67. The van der Waals surface area contributed by atoms with Crippen molar-refractivity contribution in [2.45, 2.75) is 18.9 Å². The number of rotatable bonds is 3. The van der Waals surface area contributed by atoms with Gasteiger partial charge in [0, 0.05) is 16.2 Å². The van der Waals surface area contributed by atoms with E-state index in [4.69, 9.17) is 5.11 Å². The van der Waals surface area contributed by atoms with Gasteiger partial charge in [-0.1, -0.05) is 24.3 Å². The number of halogens is 1. The molecule has 0 heterocycles. The molecule has 3 rings (SSSR count). The van der Waals surface area contributed by atoms with Crippen LogP contribution in [0.4, 0.5) is 5.69 Å². The first-order valence-corrected chi connectivity index (χ1v) is 7.29. The van der Waals surface area contributed by atoms with E-state index in [-0.39, 0.29) is 5.56 Å². The number of carboxylic acid groups (broad SMARTS) is 1. The highest BCUT2D eigenvalue weighted by molar-refractivity contribution is 9.10. The van der Waals surface area contributed by atoms with Gasteiger partial charge < -0.3 is 10.4 Å². The van der Waals surface area contributed by atoms with Crippen LogP contribution in [0.15, 0.2) is 46.9 Å². The molecule has 0 saturated heterocycles. The normalized spacial score (nSPS) is 14.1. The zero-order chi connectivity index (χ0) is 14.1. The molecule has 0 fully saturated rings. The van der Waals surface area contributed by atoms with Crippen molar-refractivity contribution in [1.82, 2.24) is 0 Å². The van der Waals surface area contributed by atoms with E-state index in [1.54, 1.807) is 6.07 Å². The molecule has 2 aromatic rings. The molecule has 0 spiro atoms. The second kappa shape index (κ2) is 5.29. The summed E-state index contributed by atoms with van der Waals surface area (Å²) in [6, 6.07) is 14.1. The first-order chi connectivity index (χ1) is 9.63. The molecule has 20 heavy (non-hydrogen) atoms. The lowest BCUT2D eigenvalue weighted by Crippen LogP contribution is -2.19. The second-order valence-electron chi connectivity index (χ2n) is 5.02. The van der Waals surface area contributed by atoms with Gasteiger partial charge in [0.1, 0.15) is 0 Å². The number of aromatic carboxylic acids is 1. The number of fused-ring (bicyclic) bond motifs is 1. The number of nitrogens with one attached hydrogen (secondary N) is 1. The molecule has 1 aliphatic rings. The van der Waals surface area contributed by atoms with Crippen LogP contribution in [0, 0.1) is 0 Å². The van der Waals surface area contributed by atoms with Gasteiger partial charge in [-0.3, -0.25) is 0 Å². The average Bonchev–Trinajstić information content (AvgIpc) is 2.80. The molecule has 4 heteroatoms. The van der Waals surface area contributed by atoms with E-state index >= 15 is 0 Å². The first-order valence-electron chi connectivity index (χ1n) is 6.49. The molecular formula is C16H14BrNO2. The third kappa shape index (κ3) is 2.56. The minimum absolute atomic E-state index is 0.283. The van der Waals surface area contributed by atoms with E-state index in [2.05, 4.69) is 45.5 Å². The van der Waals surface area contributed by atoms with Gasteiger partial charge in [0.2, 0.25) is 0 Å². The van der Waals surface area contributed by atoms with Gasteiger partial charge >= 0.3 is 5.97 Å². The molecule has 0 radical (unpaired) electrons. The zero-order valence-corrected chi connectivity index (χ0v) is 12.4. The van der Waals surface area contributed by atoms with Gasteiger partial charge in [0.15, 0.2) is 0 Å². The van der Waals surface area contributed by atoms with Crippen LogP contribution in [0.1, 0.15) is 21.5 Å². The predicted molar refractivity (Wildman–Crippen MR) is 82.4 cm³/mol. The molecule has 1 aliphatic carbocycles. The van der Waals surface area contributed by atoms with Crippen molar-refractivity contribution in [3.8, 4) is 0 Å². The van der Waals surface area contributed by atoms with Crippen LogP contribution in [0.25, 0.3) is 0 Å². The van der Waals surface area contributed by atoms with E-state index in [1.807, 2.05) is 12.1 Å². The number of carbonyl (C=O) groups is 1. The number of benzene rings is 2. The average molecular weight is 332 g/mol. The van der Waals surface area contributed by atoms with Gasteiger partial charge in [-0.25, -0.2) is 4.79 Å². The van der Waals surface area contributed by atoms with E-state index in [0.29, 0.717) is 10.5 Å². The van der Waals surface area contributed by atoms with E-state index in [1.165, 1.54) is 11.1 Å². The van der Waals surface area contributed by atoms with Gasteiger partial charge in [-0.15, -0.1) is 0 Å². The fraction of sp³-hybridized carbons (Fsp3) is 0.188. The highest BCUT2D eigenvalue weighted by atomic mass is 79.9. The Morgan fingerprint density at radius 3 is 2.35 bits per heavy atom. The SMILES string of the molecule is O=C(O)c1ccc(NC2Cc3ccccc3C2)cc1Br. The number of carboxylic acids is 1. The molecule has 0 bridgehead atoms. The molecular weight excluding hydrogens is 318 g/mol. The lowest BCUT2D eigenvalue weighted by Gasteiger charge is -2.14. The molecule has 0 unspecified atom stereocenters. The standard InChI is InChI=1S/C16H14BrNO2/c17-15-9-12(5-6-14(15)16(19)20)18-13-7-10-3-1-2-4-11(10)8-13/h1-6,9,13,18H,7-8H2,(H,19,20). The summed E-state index contributed by atoms with van der Waals surface area (Å²) in [7, 11) is 0. The van der Waals surface area contributed by atoms with Crippen LogP contribution in [-0.4, -0.2) is 17.1 Å². The molecule has 2 aromatic carbocycles. The summed E-state index contributed by atoms with van der Waals surface area (Å²) in [4.78, 5) is 11.0. The van der Waals surface area contributed by atoms with Crippen molar-refractivity contribution >= 4 is 27.6 Å². The first kappa shape index (κ1) is 13.2. The Hall–Kier alpha value is -1.81. The number of anilines is 1. The Morgan fingerprint density at radius 1 is 1.15 bits per heavy atom. The van der Waals surface area contributed by atoms with Crippen molar-refractivity contribution in [1.29, 1.82) is 0 Å². The monoisotopic (exact) mass is 331 g/mol. The number of hydrogen-bond acceptors (Lipinski definition) is 2. The third-order valence-electron chi connectivity index (χ3n) is 3.62. The predicted octanol–water partition coefficient (Wildman–Crippen LogP) is 3.73. The summed E-state index contributed by atoms with van der Waals surface area (Å²) in [5.41, 5.74) is 4.02. The summed E-state index contributed by atoms with van der Waals surface area (Å²) >= 11 is 3.30. The van der Waals surface area contributed by atoms with Crippen LogP contribution < -0.4 is 5.32 Å². The summed E-state index contributed by atoms with van der Waals surface area (Å²) in [5.74, 6) is -0.920. The van der Waals surface area contributed by atoms with Gasteiger partial charge in [-0.2, -0.15) is 0 Å². The maximum absolute atomic E-state index is 11.0. The smallest absolute Gasteiger partial charge is 0.336 e. The molecule has 0 saturated carbocycles. The Balaban J connectivity index is 1.74. The molecule has 102 valence electrons. The minimum atomic E-state index is -0.920. The fourth-order valence-corrected chi connectivity index (χ4v) is 3.22. The lowest BCUT2D eigenvalue weighted by molar-refractivity contribution is 0.0696. The molecule has 0 aliphatic heterocycles. The van der Waals surface area contributed by atoms with Crippen LogP contribution in [0.3, 0.4) is 0 Å². The topological polar surface area (TPSA) is 49.3 Å². The largest absolute Gasteiger partial charge is 0.478 e. The zero-order valence-electron chi connectivity index (χ0n) is 10.8. The van der Waals surface area contributed by atoms with Crippen molar-refractivity contribution in [2.24, 2.45) is 0 Å². The van der Waals surface area contributed by atoms with Crippen LogP contribution in [-0.2, 0) is 12.8 Å². The maximum atomic E-state index is 11.0. The maximum Gasteiger partial charge on any atom is 0.336 e. The highest BCUT2D eigenvalue weighted by Crippen LogP contribution is 2.27. The van der Waals surface area contributed by atoms with Crippen LogP contribution >= 0.6 is 15.9 Å². The van der Waals surface area contributed by atoms with Crippen molar-refractivity contribution in [3.63, 3.8) is 0 Å². The molecule has 2 N–H and O–H groups in total. The number of hydrogen-bond donors (Lipinski definition) is 2. The minimum Gasteiger partial charge on any atom is -0.478 e. The summed E-state index contributed by atoms with van der Waals surface area (Å²) in [6.07, 6.45) is 2.02. The highest BCUT2D eigenvalue weighted by Gasteiger charge is 2.20. The molecule has 0 amide bonds.